The summed E-state index contributed by atoms with van der Waals surface area (Å²) < 4.78 is 2.01. The average molecular weight is 430 g/mol. The quantitative estimate of drug-likeness (QED) is 0.437. The van der Waals surface area contributed by atoms with Gasteiger partial charge < -0.3 is 5.73 Å². The van der Waals surface area contributed by atoms with Crippen LogP contribution in [0.2, 0.25) is 5.02 Å². The molecule has 0 aliphatic rings. The Morgan fingerprint density at radius 2 is 1.86 bits per heavy atom. The number of para-hydroxylation sites is 1. The smallest absolute Gasteiger partial charge is 0.318 e. The summed E-state index contributed by atoms with van der Waals surface area (Å²) in [7, 11) is 0. The predicted molar refractivity (Wildman–Crippen MR) is 114 cm³/mol. The first-order valence-corrected chi connectivity index (χ1v) is 10.3. The van der Waals surface area contributed by atoms with Crippen molar-refractivity contribution in [3.8, 4) is 17.1 Å². The summed E-state index contributed by atoms with van der Waals surface area (Å²) in [6.45, 7) is 2.03. The van der Waals surface area contributed by atoms with Crippen LogP contribution in [-0.2, 0) is 4.79 Å². The number of rotatable bonds is 7. The SMILES string of the molecule is Cc1ccccc1-n1c(SCCCC(=O)NC(N)=O)nnc1-c1ccc(Cl)cc1. The normalized spacial score (nSPS) is 10.7. The van der Waals surface area contributed by atoms with Gasteiger partial charge in [-0.25, -0.2) is 4.79 Å². The highest BCUT2D eigenvalue weighted by Crippen LogP contribution is 2.30. The number of nitrogens with zero attached hydrogens (tertiary/aromatic N) is 3. The van der Waals surface area contributed by atoms with Crippen molar-refractivity contribution in [1.82, 2.24) is 20.1 Å². The second kappa shape index (κ2) is 9.58. The molecule has 3 aromatic rings. The molecule has 29 heavy (non-hydrogen) atoms. The fraction of sp³-hybridized carbons (Fsp3) is 0.200. The summed E-state index contributed by atoms with van der Waals surface area (Å²) in [6.07, 6.45) is 0.777. The molecule has 0 aliphatic carbocycles. The number of benzene rings is 2. The molecule has 0 saturated heterocycles. The van der Waals surface area contributed by atoms with E-state index in [4.69, 9.17) is 17.3 Å². The van der Waals surface area contributed by atoms with Gasteiger partial charge in [-0.05, 0) is 49.2 Å². The van der Waals surface area contributed by atoms with E-state index in [1.54, 1.807) is 0 Å². The number of carbonyl (C=O) groups excluding carboxylic acids is 2. The third-order valence-electron chi connectivity index (χ3n) is 4.13. The largest absolute Gasteiger partial charge is 0.351 e. The molecule has 0 radical (unpaired) electrons. The van der Waals surface area contributed by atoms with Gasteiger partial charge in [-0.3, -0.25) is 14.7 Å². The molecule has 0 unspecified atom stereocenters. The molecule has 0 bridgehead atoms. The van der Waals surface area contributed by atoms with Gasteiger partial charge in [0.2, 0.25) is 5.91 Å². The van der Waals surface area contributed by atoms with Crippen LogP contribution >= 0.6 is 23.4 Å². The van der Waals surface area contributed by atoms with Crippen molar-refractivity contribution in [3.63, 3.8) is 0 Å². The Labute approximate surface area is 177 Å². The number of aryl methyl sites for hydroxylation is 1. The van der Waals surface area contributed by atoms with Crippen LogP contribution in [0, 0.1) is 6.92 Å². The highest BCUT2D eigenvalue weighted by atomic mass is 35.5. The van der Waals surface area contributed by atoms with E-state index >= 15 is 0 Å². The van der Waals surface area contributed by atoms with Gasteiger partial charge in [0.1, 0.15) is 0 Å². The van der Waals surface area contributed by atoms with Gasteiger partial charge in [0.25, 0.3) is 0 Å². The highest BCUT2D eigenvalue weighted by Gasteiger charge is 2.17. The number of nitrogens with one attached hydrogen (secondary N) is 1. The molecule has 2 aromatic carbocycles. The molecule has 3 amide bonds. The molecule has 0 atom stereocenters. The molecule has 7 nitrogen and oxygen atoms in total. The summed E-state index contributed by atoms with van der Waals surface area (Å²) in [5.74, 6) is 0.960. The van der Waals surface area contributed by atoms with Crippen molar-refractivity contribution in [3.05, 3.63) is 59.1 Å². The Bertz CT molecular complexity index is 1020. The zero-order valence-corrected chi connectivity index (χ0v) is 17.3. The summed E-state index contributed by atoms with van der Waals surface area (Å²) >= 11 is 7.52. The molecular formula is C20H20ClN5O2S. The minimum Gasteiger partial charge on any atom is -0.351 e. The summed E-state index contributed by atoms with van der Waals surface area (Å²) in [5.41, 5.74) is 7.92. The summed E-state index contributed by atoms with van der Waals surface area (Å²) in [6, 6.07) is 14.6. The number of carbonyl (C=O) groups is 2. The fourth-order valence-electron chi connectivity index (χ4n) is 2.78. The van der Waals surface area contributed by atoms with E-state index in [0.29, 0.717) is 23.0 Å². The van der Waals surface area contributed by atoms with Crippen LogP contribution in [0.4, 0.5) is 4.79 Å². The lowest BCUT2D eigenvalue weighted by Gasteiger charge is -2.13. The zero-order chi connectivity index (χ0) is 20.8. The van der Waals surface area contributed by atoms with E-state index in [1.165, 1.54) is 11.8 Å². The van der Waals surface area contributed by atoms with Crippen molar-refractivity contribution in [2.24, 2.45) is 5.73 Å². The lowest BCUT2D eigenvalue weighted by Crippen LogP contribution is -2.34. The van der Waals surface area contributed by atoms with E-state index in [2.05, 4.69) is 15.5 Å². The molecule has 150 valence electrons. The lowest BCUT2D eigenvalue weighted by molar-refractivity contribution is -0.119. The monoisotopic (exact) mass is 429 g/mol. The Morgan fingerprint density at radius 3 is 2.55 bits per heavy atom. The fourth-order valence-corrected chi connectivity index (χ4v) is 3.79. The maximum absolute atomic E-state index is 11.5. The van der Waals surface area contributed by atoms with Crippen molar-refractivity contribution < 1.29 is 9.59 Å². The van der Waals surface area contributed by atoms with E-state index < -0.39 is 6.03 Å². The van der Waals surface area contributed by atoms with Crippen LogP contribution in [0.3, 0.4) is 0 Å². The summed E-state index contributed by atoms with van der Waals surface area (Å²) in [4.78, 5) is 22.3. The number of nitrogens with two attached hydrogens (primary N) is 1. The van der Waals surface area contributed by atoms with Gasteiger partial charge in [-0.15, -0.1) is 10.2 Å². The molecule has 0 spiro atoms. The maximum atomic E-state index is 11.5. The third-order valence-corrected chi connectivity index (χ3v) is 5.40. The maximum Gasteiger partial charge on any atom is 0.318 e. The molecular weight excluding hydrogens is 410 g/mol. The van der Waals surface area contributed by atoms with Crippen LogP contribution in [0.15, 0.2) is 53.7 Å². The number of thioether (sulfide) groups is 1. The first-order chi connectivity index (χ1) is 14.0. The number of imide groups is 1. The average Bonchev–Trinajstić information content (AvgIpc) is 3.09. The predicted octanol–water partition coefficient (Wildman–Crippen LogP) is 3.96. The number of halogens is 1. The Balaban J connectivity index is 1.84. The Kier molecular flexibility index (Phi) is 6.90. The van der Waals surface area contributed by atoms with E-state index in [9.17, 15) is 9.59 Å². The lowest BCUT2D eigenvalue weighted by atomic mass is 10.1. The highest BCUT2D eigenvalue weighted by molar-refractivity contribution is 7.99. The van der Waals surface area contributed by atoms with E-state index in [1.807, 2.05) is 60.0 Å². The molecule has 1 aromatic heterocycles. The van der Waals surface area contributed by atoms with Crippen LogP contribution in [0.5, 0.6) is 0 Å². The van der Waals surface area contributed by atoms with Crippen molar-refractivity contribution in [1.29, 1.82) is 0 Å². The number of urea groups is 1. The zero-order valence-electron chi connectivity index (χ0n) is 15.8. The van der Waals surface area contributed by atoms with E-state index in [-0.39, 0.29) is 12.3 Å². The molecule has 0 aliphatic heterocycles. The van der Waals surface area contributed by atoms with Crippen LogP contribution < -0.4 is 11.1 Å². The number of aromatic nitrogens is 3. The van der Waals surface area contributed by atoms with Gasteiger partial charge >= 0.3 is 6.03 Å². The number of amides is 3. The van der Waals surface area contributed by atoms with Gasteiger partial charge in [0.15, 0.2) is 11.0 Å². The Morgan fingerprint density at radius 1 is 1.14 bits per heavy atom. The van der Waals surface area contributed by atoms with Crippen molar-refractivity contribution in [2.75, 3.05) is 5.75 Å². The minimum atomic E-state index is -0.838. The first kappa shape index (κ1) is 20.9. The second-order valence-corrected chi connectivity index (χ2v) is 7.80. The van der Waals surface area contributed by atoms with Gasteiger partial charge in [0, 0.05) is 22.8 Å². The first-order valence-electron chi connectivity index (χ1n) is 8.95. The molecule has 9 heteroatoms. The van der Waals surface area contributed by atoms with Gasteiger partial charge in [-0.1, -0.05) is 41.6 Å². The molecule has 1 heterocycles. The number of primary amides is 1. The van der Waals surface area contributed by atoms with E-state index in [0.717, 1.165) is 22.0 Å². The molecule has 3 rings (SSSR count). The van der Waals surface area contributed by atoms with Crippen molar-refractivity contribution >= 4 is 35.3 Å². The molecule has 3 N–H and O–H groups in total. The van der Waals surface area contributed by atoms with Gasteiger partial charge in [-0.2, -0.15) is 0 Å². The topological polar surface area (TPSA) is 103 Å². The second-order valence-electron chi connectivity index (χ2n) is 6.30. The third kappa shape index (κ3) is 5.36. The van der Waals surface area contributed by atoms with Gasteiger partial charge in [0.05, 0.1) is 5.69 Å². The van der Waals surface area contributed by atoms with Crippen molar-refractivity contribution in [2.45, 2.75) is 24.9 Å². The van der Waals surface area contributed by atoms with Crippen LogP contribution in [0.1, 0.15) is 18.4 Å². The van der Waals surface area contributed by atoms with Crippen LogP contribution in [0.25, 0.3) is 17.1 Å². The number of hydrogen-bond acceptors (Lipinski definition) is 5. The Hall–Kier alpha value is -2.84. The summed E-state index contributed by atoms with van der Waals surface area (Å²) in [5, 5.41) is 12.2. The van der Waals surface area contributed by atoms with Crippen LogP contribution in [-0.4, -0.2) is 32.5 Å². The molecule has 0 fully saturated rings. The number of hydrogen-bond donors (Lipinski definition) is 2. The standard InChI is InChI=1S/C20H20ClN5O2S/c1-13-5-2-3-6-16(13)26-18(14-8-10-15(21)11-9-14)24-25-20(26)29-12-4-7-17(27)23-19(22)28/h2-3,5-6,8-11H,4,7,12H2,1H3,(H3,22,23,27,28). The minimum absolute atomic E-state index is 0.207. The molecule has 0 saturated carbocycles.